The topological polar surface area (TPSA) is 162 Å². The van der Waals surface area contributed by atoms with Gasteiger partial charge in [0.15, 0.2) is 5.13 Å². The van der Waals surface area contributed by atoms with Gasteiger partial charge in [-0.2, -0.15) is 0 Å². The number of aliphatic hydroxyl groups is 2. The number of carbonyl (C=O) groups is 3. The molecule has 2 aliphatic rings. The van der Waals surface area contributed by atoms with Crippen LogP contribution in [0.25, 0.3) is 0 Å². The molecule has 4 rings (SSSR count). The predicted molar refractivity (Wildman–Crippen MR) is 202 cm³/mol. The monoisotopic (exact) mass is 726 g/mol. The minimum Gasteiger partial charge on any atom is -0.390 e. The minimum atomic E-state index is -1.13. The summed E-state index contributed by atoms with van der Waals surface area (Å²) in [5.74, 6) is -0.741. The SMILES string of the molecule is CC(C)C[C@H](O)[C@H](O)[C@H](CC1CCCCC1)NC(=O)[C@@H](CC(=O)N(CC(=O)N(C)CCc1ccccn1)CC1CCCCC1)Cc1csc(N)n1. The fourth-order valence-corrected chi connectivity index (χ4v) is 8.27. The highest BCUT2D eigenvalue weighted by Gasteiger charge is 2.35. The summed E-state index contributed by atoms with van der Waals surface area (Å²) in [4.78, 5) is 54.1. The first-order valence-electron chi connectivity index (χ1n) is 19.3. The third-order valence-corrected chi connectivity index (χ3v) is 11.4. The standard InChI is InChI=1S/C39H62N6O5S/c1-27(2)20-34(46)37(49)33(21-28-12-6-4-7-13-28)43-38(50)30(22-32-26-51-39(40)42-32)23-35(47)45(24-29-14-8-5-9-15-29)25-36(48)44(3)19-17-31-16-10-11-18-41-31/h10-11,16,18,26-30,33-34,37,46,49H,4-9,12-15,17,19-25H2,1-3H3,(H2,40,42)(H,43,50)/t30-,33+,34+,37-/m1/s1. The van der Waals surface area contributed by atoms with Crippen molar-refractivity contribution in [2.75, 3.05) is 32.4 Å². The number of rotatable bonds is 19. The van der Waals surface area contributed by atoms with E-state index in [1.807, 2.05) is 32.0 Å². The van der Waals surface area contributed by atoms with E-state index in [-0.39, 0.29) is 43.0 Å². The van der Waals surface area contributed by atoms with Crippen molar-refractivity contribution in [1.82, 2.24) is 25.1 Å². The van der Waals surface area contributed by atoms with E-state index in [1.54, 1.807) is 28.4 Å². The Bertz CT molecular complexity index is 1350. The molecule has 0 spiro atoms. The van der Waals surface area contributed by atoms with Crippen molar-refractivity contribution < 1.29 is 24.6 Å². The smallest absolute Gasteiger partial charge is 0.241 e. The first-order chi connectivity index (χ1) is 24.5. The second kappa shape index (κ2) is 20.8. The largest absolute Gasteiger partial charge is 0.390 e. The molecule has 2 fully saturated rings. The second-order valence-electron chi connectivity index (χ2n) is 15.5. The first kappa shape index (κ1) is 40.7. The van der Waals surface area contributed by atoms with Crippen molar-refractivity contribution in [1.29, 1.82) is 0 Å². The maximum Gasteiger partial charge on any atom is 0.241 e. The Morgan fingerprint density at radius 1 is 0.980 bits per heavy atom. The molecular formula is C39H62N6O5S. The molecule has 2 saturated carbocycles. The molecule has 51 heavy (non-hydrogen) atoms. The van der Waals surface area contributed by atoms with Crippen molar-refractivity contribution in [3.8, 4) is 0 Å². The Labute approximate surface area is 308 Å². The Kier molecular flexibility index (Phi) is 16.6. The molecule has 284 valence electrons. The number of nitrogens with zero attached hydrogens (tertiary/aromatic N) is 4. The summed E-state index contributed by atoms with van der Waals surface area (Å²) in [6.45, 7) is 4.88. The number of hydrogen-bond donors (Lipinski definition) is 4. The quantitative estimate of drug-likeness (QED) is 0.157. The number of thiazole rings is 1. The van der Waals surface area contributed by atoms with Gasteiger partial charge >= 0.3 is 0 Å². The van der Waals surface area contributed by atoms with Crippen LogP contribution in [0.15, 0.2) is 29.8 Å². The molecular weight excluding hydrogens is 665 g/mol. The minimum absolute atomic E-state index is 0.0591. The summed E-state index contributed by atoms with van der Waals surface area (Å²) in [6, 6.07) is 5.07. The highest BCUT2D eigenvalue weighted by Crippen LogP contribution is 2.30. The Balaban J connectivity index is 1.52. The van der Waals surface area contributed by atoms with Crippen LogP contribution in [0.4, 0.5) is 5.13 Å². The number of aliphatic hydroxyl groups excluding tert-OH is 2. The van der Waals surface area contributed by atoms with Crippen molar-refractivity contribution in [2.45, 2.75) is 128 Å². The molecule has 0 radical (unpaired) electrons. The van der Waals surface area contributed by atoms with Gasteiger partial charge in [-0.15, -0.1) is 11.3 Å². The van der Waals surface area contributed by atoms with Crippen LogP contribution in [0.3, 0.4) is 0 Å². The molecule has 2 aromatic rings. The van der Waals surface area contributed by atoms with Crippen molar-refractivity contribution in [3.05, 3.63) is 41.2 Å². The zero-order valence-corrected chi connectivity index (χ0v) is 31.9. The maximum atomic E-state index is 14.3. The number of anilines is 1. The molecule has 12 heteroatoms. The highest BCUT2D eigenvalue weighted by molar-refractivity contribution is 7.13. The highest BCUT2D eigenvalue weighted by atomic mass is 32.1. The lowest BCUT2D eigenvalue weighted by molar-refractivity contribution is -0.142. The zero-order valence-electron chi connectivity index (χ0n) is 31.0. The Morgan fingerprint density at radius 2 is 1.67 bits per heavy atom. The summed E-state index contributed by atoms with van der Waals surface area (Å²) in [5.41, 5.74) is 7.47. The third kappa shape index (κ3) is 13.8. The summed E-state index contributed by atoms with van der Waals surface area (Å²) in [7, 11) is 1.75. The number of nitrogens with one attached hydrogen (secondary N) is 1. The lowest BCUT2D eigenvalue weighted by Crippen LogP contribution is -2.52. The average Bonchev–Trinajstić information content (AvgIpc) is 3.54. The molecule has 2 aliphatic carbocycles. The van der Waals surface area contributed by atoms with Crippen LogP contribution >= 0.6 is 11.3 Å². The third-order valence-electron chi connectivity index (χ3n) is 10.7. The van der Waals surface area contributed by atoms with Crippen LogP contribution in [0, 0.1) is 23.7 Å². The van der Waals surface area contributed by atoms with Crippen LogP contribution < -0.4 is 11.1 Å². The summed E-state index contributed by atoms with van der Waals surface area (Å²) in [5, 5.41) is 27.6. The number of likely N-dealkylation sites (N-methyl/N-ethyl adjacent to an activating group) is 1. The van der Waals surface area contributed by atoms with Gasteiger partial charge in [-0.25, -0.2) is 4.98 Å². The fourth-order valence-electron chi connectivity index (χ4n) is 7.70. The maximum absolute atomic E-state index is 14.3. The van der Waals surface area contributed by atoms with Crippen molar-refractivity contribution in [2.24, 2.45) is 23.7 Å². The molecule has 3 amide bonds. The normalized spacial score (nSPS) is 18.2. The number of carbonyl (C=O) groups excluding carboxylic acids is 3. The molecule has 0 unspecified atom stereocenters. The molecule has 0 aliphatic heterocycles. The number of amides is 3. The van der Waals surface area contributed by atoms with Gasteiger partial charge in [-0.05, 0) is 55.6 Å². The van der Waals surface area contributed by atoms with Crippen molar-refractivity contribution in [3.63, 3.8) is 0 Å². The average molecular weight is 727 g/mol. The van der Waals surface area contributed by atoms with Gasteiger partial charge in [-0.3, -0.25) is 19.4 Å². The fraction of sp³-hybridized carbons (Fsp3) is 0.718. The van der Waals surface area contributed by atoms with E-state index in [1.165, 1.54) is 24.2 Å². The van der Waals surface area contributed by atoms with Gasteiger partial charge in [-0.1, -0.05) is 71.3 Å². The number of nitrogens with two attached hydrogens (primary N) is 1. The molecule has 11 nitrogen and oxygen atoms in total. The van der Waals surface area contributed by atoms with E-state index >= 15 is 0 Å². The molecule has 0 bridgehead atoms. The van der Waals surface area contributed by atoms with Crippen LogP contribution in [0.5, 0.6) is 0 Å². The van der Waals surface area contributed by atoms with Crippen LogP contribution in [0.2, 0.25) is 0 Å². The van der Waals surface area contributed by atoms with Gasteiger partial charge in [0.05, 0.1) is 30.3 Å². The summed E-state index contributed by atoms with van der Waals surface area (Å²) >= 11 is 1.28. The second-order valence-corrected chi connectivity index (χ2v) is 16.4. The van der Waals surface area contributed by atoms with E-state index in [4.69, 9.17) is 5.73 Å². The number of aromatic nitrogens is 2. The van der Waals surface area contributed by atoms with E-state index < -0.39 is 24.2 Å². The van der Waals surface area contributed by atoms with Gasteiger partial charge < -0.3 is 31.1 Å². The zero-order chi connectivity index (χ0) is 36.8. The molecule has 2 heterocycles. The number of nitrogen functional groups attached to an aromatic ring is 1. The van der Waals surface area contributed by atoms with Crippen LogP contribution in [-0.2, 0) is 27.2 Å². The predicted octanol–water partition coefficient (Wildman–Crippen LogP) is 5.00. The molecule has 4 atom stereocenters. The van der Waals surface area contributed by atoms with E-state index in [9.17, 15) is 24.6 Å². The van der Waals surface area contributed by atoms with Crippen LogP contribution in [0.1, 0.15) is 109 Å². The van der Waals surface area contributed by atoms with Crippen LogP contribution in [-0.4, -0.2) is 92.6 Å². The number of pyridine rings is 1. The molecule has 0 aromatic carbocycles. The Hall–Kier alpha value is -3.09. The van der Waals surface area contributed by atoms with E-state index in [0.29, 0.717) is 55.0 Å². The van der Waals surface area contributed by atoms with E-state index in [0.717, 1.165) is 57.1 Å². The molecule has 0 saturated heterocycles. The first-order valence-corrected chi connectivity index (χ1v) is 20.1. The van der Waals surface area contributed by atoms with Gasteiger partial charge in [0.1, 0.15) is 6.10 Å². The summed E-state index contributed by atoms with van der Waals surface area (Å²) < 4.78 is 0. The summed E-state index contributed by atoms with van der Waals surface area (Å²) in [6.07, 6.45) is 12.2. The Morgan fingerprint density at radius 3 is 2.27 bits per heavy atom. The van der Waals surface area contributed by atoms with Crippen molar-refractivity contribution >= 4 is 34.2 Å². The number of hydrogen-bond acceptors (Lipinski definition) is 9. The van der Waals surface area contributed by atoms with E-state index in [2.05, 4.69) is 15.3 Å². The lowest BCUT2D eigenvalue weighted by atomic mass is 9.82. The molecule has 5 N–H and O–H groups in total. The molecule has 2 aromatic heterocycles. The lowest BCUT2D eigenvalue weighted by Gasteiger charge is -2.34. The van der Waals surface area contributed by atoms with Gasteiger partial charge in [0.25, 0.3) is 0 Å². The van der Waals surface area contributed by atoms with Gasteiger partial charge in [0.2, 0.25) is 17.7 Å². The van der Waals surface area contributed by atoms with Gasteiger partial charge in [0, 0.05) is 56.7 Å².